The van der Waals surface area contributed by atoms with E-state index >= 15 is 0 Å². The molecule has 3 aliphatic rings. The number of hydrogen-bond acceptors (Lipinski definition) is 23. The van der Waals surface area contributed by atoms with E-state index in [0.717, 1.165) is 64.6 Å². The minimum atomic E-state index is -0.732. The molecule has 5 amide bonds. The van der Waals surface area contributed by atoms with Crippen molar-refractivity contribution in [2.75, 3.05) is 54.0 Å². The van der Waals surface area contributed by atoms with E-state index in [1.165, 1.54) is 63.0 Å². The Balaban J connectivity index is 0.000000306. The van der Waals surface area contributed by atoms with Crippen LogP contribution in [0.1, 0.15) is 113 Å². The van der Waals surface area contributed by atoms with Crippen molar-refractivity contribution in [3.05, 3.63) is 138 Å². The number of para-hydroxylation sites is 4. The van der Waals surface area contributed by atoms with Gasteiger partial charge in [-0.1, -0.05) is 109 Å². The number of nitrogens with one attached hydrogen (secondary N) is 4. The highest BCUT2D eigenvalue weighted by molar-refractivity contribution is 8.13. The number of hydrogen-bond donors (Lipinski definition) is 4. The van der Waals surface area contributed by atoms with Gasteiger partial charge in [0.15, 0.2) is 34.5 Å². The first-order chi connectivity index (χ1) is 47.2. The fourth-order valence-corrected chi connectivity index (χ4v) is 8.81. The topological polar surface area (TPSA) is 297 Å². The number of aryl methyl sites for hydroxylation is 1. The van der Waals surface area contributed by atoms with Crippen LogP contribution in [-0.4, -0.2) is 134 Å². The predicted molar refractivity (Wildman–Crippen MR) is 394 cm³/mol. The Morgan fingerprint density at radius 1 is 0.550 bits per heavy atom. The standard InChI is InChI=1S/C13H17NO3S.C12H15NO3.C12H11NO2.C12H17NO2.C11H13NO4.C7H13NO2S.C5H9NO2S/c1-13(2)8-9-6-5-7-10(11(9)17-13)16-12(15)14(3)18-4;1-12(2)7-8-5-4-6-9(10(8)16-12)15-11(14)13-3;1-13-12(14)15-11-8-4-6-9-5-2-3-7-10(9)11;1-3-4-7-10-8-5-6-9-11(10)15-12(14)13-2;1-11(2)15-8-6-4-5-7(9(8)16-11)14-10(13)12-3;1-6(9)10-8-5-7(2,3)11-4;1-4(9-3)6-8-5(2)7/h5-7H,8H2,1-4H3;4-6H,7H2,1-3H3,(H,13,14);2-8H,1H3,(H,13,14);5-6,8-9H,3-4,7H2,1-2H3,(H,13,14);4-6H,1-3H3,(H,12,13);5H,1-4H3;1-3H3/b;;;;;8-5+;6-4+. The van der Waals surface area contributed by atoms with Gasteiger partial charge in [0.2, 0.25) is 11.5 Å². The van der Waals surface area contributed by atoms with Gasteiger partial charge < -0.3 is 73.6 Å². The van der Waals surface area contributed by atoms with Gasteiger partial charge in [-0.15, -0.1) is 11.8 Å². The molecule has 28 heteroatoms. The van der Waals surface area contributed by atoms with E-state index < -0.39 is 42.2 Å². The van der Waals surface area contributed by atoms with Crippen LogP contribution in [-0.2, 0) is 38.5 Å². The number of fused-ring (bicyclic) bond motifs is 4. The number of nitrogens with zero attached hydrogens (tertiary/aromatic N) is 3. The summed E-state index contributed by atoms with van der Waals surface area (Å²) in [7, 11) is 7.77. The van der Waals surface area contributed by atoms with E-state index in [9.17, 15) is 33.6 Å². The number of carbonyl (C=O) groups excluding carboxylic acids is 7. The minimum Gasteiger partial charge on any atom is -0.483 e. The van der Waals surface area contributed by atoms with Crippen molar-refractivity contribution in [1.82, 2.24) is 25.6 Å². The van der Waals surface area contributed by atoms with E-state index in [0.29, 0.717) is 51.7 Å². The molecule has 0 fully saturated rings. The molecule has 0 saturated heterocycles. The maximum atomic E-state index is 11.7. The summed E-state index contributed by atoms with van der Waals surface area (Å²) in [6.07, 6.45) is 9.81. The molecule has 0 radical (unpaired) electrons. The lowest BCUT2D eigenvalue weighted by Crippen LogP contribution is -2.30. The molecule has 0 spiro atoms. The van der Waals surface area contributed by atoms with E-state index in [1.807, 2.05) is 145 Å². The second-order valence-corrected chi connectivity index (χ2v) is 26.9. The zero-order valence-corrected chi connectivity index (χ0v) is 63.0. The summed E-state index contributed by atoms with van der Waals surface area (Å²) < 4.78 is 49.8. The van der Waals surface area contributed by atoms with E-state index in [4.69, 9.17) is 42.6 Å². The molecule has 0 unspecified atom stereocenters. The van der Waals surface area contributed by atoms with Gasteiger partial charge in [0.05, 0.1) is 6.21 Å². The Hall–Kier alpha value is -9.54. The van der Waals surface area contributed by atoms with Crippen LogP contribution >= 0.6 is 35.5 Å². The van der Waals surface area contributed by atoms with E-state index in [-0.39, 0.29) is 21.9 Å². The first-order valence-electron chi connectivity index (χ1n) is 31.5. The molecule has 100 heavy (non-hydrogen) atoms. The van der Waals surface area contributed by atoms with Crippen molar-refractivity contribution >= 4 is 99.9 Å². The largest absolute Gasteiger partial charge is 0.483 e. The van der Waals surface area contributed by atoms with E-state index in [1.54, 1.807) is 89.2 Å². The van der Waals surface area contributed by atoms with Crippen molar-refractivity contribution in [2.45, 2.75) is 137 Å². The van der Waals surface area contributed by atoms with Gasteiger partial charge in [-0.25, -0.2) is 33.6 Å². The lowest BCUT2D eigenvalue weighted by Gasteiger charge is -2.18. The van der Waals surface area contributed by atoms with Crippen LogP contribution in [0.4, 0.5) is 24.0 Å². The predicted octanol–water partition coefficient (Wildman–Crippen LogP) is 15.4. The van der Waals surface area contributed by atoms with Crippen LogP contribution in [0.15, 0.2) is 132 Å². The lowest BCUT2D eigenvalue weighted by molar-refractivity contribution is -0.141. The molecule has 25 nitrogen and oxygen atoms in total. The monoisotopic (exact) mass is 1440 g/mol. The van der Waals surface area contributed by atoms with Gasteiger partial charge in [-0.3, -0.25) is 4.31 Å². The van der Waals surface area contributed by atoms with Crippen LogP contribution in [0.5, 0.6) is 51.7 Å². The number of ether oxygens (including phenoxy) is 9. The molecular formula is C72H95N7O18S3. The molecule has 0 aliphatic carbocycles. The normalized spacial score (nSPS) is 13.2. The zero-order chi connectivity index (χ0) is 74.8. The highest BCUT2D eigenvalue weighted by atomic mass is 32.2. The van der Waals surface area contributed by atoms with Gasteiger partial charge in [0.1, 0.15) is 27.7 Å². The maximum absolute atomic E-state index is 11.7. The molecule has 3 heterocycles. The highest BCUT2D eigenvalue weighted by Gasteiger charge is 2.36. The Kier molecular flexibility index (Phi) is 35.4. The number of oxime groups is 2. The highest BCUT2D eigenvalue weighted by Crippen LogP contribution is 2.46. The summed E-state index contributed by atoms with van der Waals surface area (Å²) in [6, 6.07) is 37.4. The molecule has 0 aromatic heterocycles. The first-order valence-corrected chi connectivity index (χ1v) is 35.1. The number of benzene rings is 6. The zero-order valence-electron chi connectivity index (χ0n) is 60.6. The molecule has 4 N–H and O–H groups in total. The van der Waals surface area contributed by atoms with Crippen LogP contribution in [0.2, 0.25) is 0 Å². The summed E-state index contributed by atoms with van der Waals surface area (Å²) >= 11 is 4.38. The Bertz CT molecular complexity index is 3670. The van der Waals surface area contributed by atoms with Crippen LogP contribution in [0.25, 0.3) is 10.8 Å². The molecule has 0 atom stereocenters. The fraction of sp³-hybridized carbons (Fsp3) is 0.403. The average Bonchev–Trinajstić information content (AvgIpc) is 1.65. The second kappa shape index (κ2) is 41.8. The van der Waals surface area contributed by atoms with E-state index in [2.05, 4.69) is 48.2 Å². The smallest absolute Gasteiger partial charge is 0.425 e. The summed E-state index contributed by atoms with van der Waals surface area (Å²) in [4.78, 5) is 85.3. The number of amides is 5. The molecule has 6 aromatic carbocycles. The Labute approximate surface area is 599 Å². The Morgan fingerprint density at radius 3 is 1.49 bits per heavy atom. The Morgan fingerprint density at radius 2 is 0.990 bits per heavy atom. The van der Waals surface area contributed by atoms with Crippen LogP contribution in [0.3, 0.4) is 0 Å². The lowest BCUT2D eigenvalue weighted by atomic mass is 10.0. The van der Waals surface area contributed by atoms with Gasteiger partial charge in [-0.2, -0.15) is 11.8 Å². The van der Waals surface area contributed by atoms with Crippen molar-refractivity contribution in [1.29, 1.82) is 0 Å². The molecule has 9 rings (SSSR count). The first kappa shape index (κ1) is 84.7. The van der Waals surface area contributed by atoms with Crippen molar-refractivity contribution < 1.29 is 85.9 Å². The molecule has 3 aliphatic heterocycles. The number of unbranched alkanes of at least 4 members (excludes halogenated alkanes) is 1. The van der Waals surface area contributed by atoms with Gasteiger partial charge in [0, 0.05) is 103 Å². The number of carbonyl (C=O) groups is 7. The van der Waals surface area contributed by atoms with Crippen molar-refractivity contribution in [3.8, 4) is 51.7 Å². The van der Waals surface area contributed by atoms with Crippen LogP contribution < -0.4 is 63.9 Å². The minimum absolute atomic E-state index is 0.0740. The van der Waals surface area contributed by atoms with Gasteiger partial charge in [-0.05, 0) is 133 Å². The number of thioether (sulfide) groups is 2. The molecule has 544 valence electrons. The summed E-state index contributed by atoms with van der Waals surface area (Å²) in [5.41, 5.74) is 2.77. The molecule has 0 bridgehead atoms. The maximum Gasteiger partial charge on any atom is 0.425 e. The van der Waals surface area contributed by atoms with Gasteiger partial charge >= 0.3 is 42.4 Å². The third-order valence-corrected chi connectivity index (χ3v) is 15.8. The summed E-state index contributed by atoms with van der Waals surface area (Å²) in [5.74, 6) is 3.43. The SMILES string of the molecule is CCCCc1ccccc1OC(=O)NC.CNC(=O)Oc1cccc2c1OC(C)(C)C2.CNC(=O)Oc1cccc2c1OC(C)(C)O2.CNC(=O)Oc1cccc2ccccc12.CS/C(C)=N/OC(C)=O.CSC(C)(C)/C=N/OC(C)=O.CSN(C)C(=O)Oc1cccc2c1OC(C)(C)C2. The average molecular weight is 1440 g/mol. The summed E-state index contributed by atoms with van der Waals surface area (Å²) in [6.45, 7) is 22.2. The third-order valence-electron chi connectivity index (χ3n) is 13.3. The quantitative estimate of drug-likeness (QED) is 0.0275. The second-order valence-electron chi connectivity index (χ2n) is 23.6. The van der Waals surface area contributed by atoms with Crippen LogP contribution in [0, 0.1) is 0 Å². The number of rotatable bonds is 13. The van der Waals surface area contributed by atoms with Gasteiger partial charge in [0.25, 0.3) is 0 Å². The summed E-state index contributed by atoms with van der Waals surface area (Å²) in [5, 5.41) is 19.3. The fourth-order valence-electron chi connectivity index (χ4n) is 8.37. The van der Waals surface area contributed by atoms with Crippen molar-refractivity contribution in [2.24, 2.45) is 10.3 Å². The molecule has 6 aromatic rings. The van der Waals surface area contributed by atoms with Crippen molar-refractivity contribution in [3.63, 3.8) is 0 Å². The molecule has 0 saturated carbocycles. The molecular weight excluding hydrogens is 1350 g/mol. The third kappa shape index (κ3) is 30.3.